The predicted octanol–water partition coefficient (Wildman–Crippen LogP) is 2.24. The van der Waals surface area contributed by atoms with Gasteiger partial charge in [-0.3, -0.25) is 19.5 Å². The van der Waals surface area contributed by atoms with Crippen LogP contribution in [0.5, 0.6) is 0 Å². The van der Waals surface area contributed by atoms with Crippen LogP contribution in [0.4, 0.5) is 11.4 Å². The summed E-state index contributed by atoms with van der Waals surface area (Å²) in [7, 11) is 1.61. The van der Waals surface area contributed by atoms with Crippen molar-refractivity contribution < 1.29 is 9.59 Å². The Morgan fingerprint density at radius 1 is 1.22 bits per heavy atom. The number of carbonyl (C=O) groups excluding carboxylic acids is 2. The van der Waals surface area contributed by atoms with E-state index in [1.54, 1.807) is 19.3 Å². The molecule has 2 aromatic heterocycles. The number of piperazine rings is 1. The molecule has 2 aromatic rings. The minimum atomic E-state index is -0.245. The third-order valence-electron chi connectivity index (χ3n) is 7.64. The molecule has 8 heteroatoms. The van der Waals surface area contributed by atoms with Gasteiger partial charge in [0.15, 0.2) is 0 Å². The van der Waals surface area contributed by atoms with Gasteiger partial charge in [0.2, 0.25) is 5.91 Å². The molecular weight excluding hydrogens is 404 g/mol. The third-order valence-corrected chi connectivity index (χ3v) is 7.64. The Balaban J connectivity index is 1.21. The molecule has 1 saturated heterocycles. The van der Waals surface area contributed by atoms with Gasteiger partial charge in [0.1, 0.15) is 5.69 Å². The first-order chi connectivity index (χ1) is 15.5. The summed E-state index contributed by atoms with van der Waals surface area (Å²) in [6.07, 6.45) is 4.61. The van der Waals surface area contributed by atoms with Crippen molar-refractivity contribution in [3.63, 3.8) is 0 Å². The number of amides is 2. The van der Waals surface area contributed by atoms with Crippen molar-refractivity contribution >= 4 is 23.2 Å². The zero-order valence-electron chi connectivity index (χ0n) is 18.9. The molecule has 2 amide bonds. The molecule has 0 spiro atoms. The summed E-state index contributed by atoms with van der Waals surface area (Å²) >= 11 is 0. The second-order valence-corrected chi connectivity index (χ2v) is 9.13. The molecule has 3 aliphatic rings. The van der Waals surface area contributed by atoms with Crippen molar-refractivity contribution in [3.05, 3.63) is 47.5 Å². The zero-order chi connectivity index (χ0) is 22.5. The smallest absolute Gasteiger partial charge is 0.269 e. The highest BCUT2D eigenvalue weighted by Crippen LogP contribution is 2.69. The second kappa shape index (κ2) is 7.85. The minimum Gasteiger partial charge on any atom is -0.368 e. The first kappa shape index (κ1) is 20.9. The normalized spacial score (nSPS) is 26.7. The van der Waals surface area contributed by atoms with Gasteiger partial charge in [-0.1, -0.05) is 13.8 Å². The van der Waals surface area contributed by atoms with Gasteiger partial charge in [-0.15, -0.1) is 0 Å². The standard InChI is InChI=1S/C24H30N6O2/c1-4-24-15(2)20(24)21-19(28-23(24)32)11-16(12-27-21)14-29-7-9-30(10-8-29)17-5-6-18(26-13-17)22(31)25-3/h5-6,11-13,15,20H,4,7-10,14H2,1-3H3,(H,25,31)(H,28,32)/t15?,20?,24-/m1/s1. The van der Waals surface area contributed by atoms with Crippen LogP contribution in [0, 0.1) is 11.3 Å². The lowest BCUT2D eigenvalue weighted by Gasteiger charge is -2.36. The zero-order valence-corrected chi connectivity index (χ0v) is 18.9. The number of rotatable bonds is 5. The number of hydrogen-bond donors (Lipinski definition) is 2. The number of anilines is 2. The maximum atomic E-state index is 12.7. The molecule has 32 heavy (non-hydrogen) atoms. The highest BCUT2D eigenvalue weighted by atomic mass is 16.2. The quantitative estimate of drug-likeness (QED) is 0.750. The molecule has 2 fully saturated rings. The Kier molecular flexibility index (Phi) is 5.12. The van der Waals surface area contributed by atoms with E-state index in [0.29, 0.717) is 11.6 Å². The van der Waals surface area contributed by atoms with E-state index in [4.69, 9.17) is 4.98 Å². The van der Waals surface area contributed by atoms with E-state index in [1.165, 1.54) is 0 Å². The number of fused-ring (bicyclic) bond motifs is 3. The Labute approximate surface area is 188 Å². The van der Waals surface area contributed by atoms with E-state index in [1.807, 2.05) is 12.3 Å². The molecule has 0 bridgehead atoms. The molecule has 2 aliphatic heterocycles. The van der Waals surface area contributed by atoms with E-state index in [2.05, 4.69) is 45.3 Å². The number of aromatic nitrogens is 2. The third kappa shape index (κ3) is 3.24. The SMILES string of the molecule is CC[C@]12C(=O)Nc3cc(CN4CCN(c5ccc(C(=O)NC)nc5)CC4)cnc3C1C2C. The lowest BCUT2D eigenvalue weighted by Crippen LogP contribution is -2.46. The Morgan fingerprint density at radius 3 is 2.66 bits per heavy atom. The predicted molar refractivity (Wildman–Crippen MR) is 123 cm³/mol. The van der Waals surface area contributed by atoms with Crippen molar-refractivity contribution in [2.75, 3.05) is 43.4 Å². The molecule has 168 valence electrons. The summed E-state index contributed by atoms with van der Waals surface area (Å²) in [6, 6.07) is 5.83. The molecule has 8 nitrogen and oxygen atoms in total. The van der Waals surface area contributed by atoms with Crippen molar-refractivity contribution in [2.45, 2.75) is 32.7 Å². The molecule has 5 rings (SSSR count). The highest BCUT2D eigenvalue weighted by molar-refractivity contribution is 6.02. The fraction of sp³-hybridized carbons (Fsp3) is 0.500. The number of nitrogens with zero attached hydrogens (tertiary/aromatic N) is 4. The van der Waals surface area contributed by atoms with Gasteiger partial charge in [-0.25, -0.2) is 4.98 Å². The van der Waals surface area contributed by atoms with Crippen molar-refractivity contribution in [1.82, 2.24) is 20.2 Å². The molecule has 2 N–H and O–H groups in total. The van der Waals surface area contributed by atoms with Crippen LogP contribution in [0.25, 0.3) is 0 Å². The first-order valence-electron chi connectivity index (χ1n) is 11.4. The number of hydrogen-bond acceptors (Lipinski definition) is 6. The van der Waals surface area contributed by atoms with Crippen LogP contribution in [-0.4, -0.2) is 59.9 Å². The van der Waals surface area contributed by atoms with E-state index in [0.717, 1.165) is 61.8 Å². The maximum Gasteiger partial charge on any atom is 0.269 e. The fourth-order valence-corrected chi connectivity index (χ4v) is 5.61. The molecule has 1 aliphatic carbocycles. The van der Waals surface area contributed by atoms with Gasteiger partial charge in [-0.05, 0) is 36.1 Å². The summed E-state index contributed by atoms with van der Waals surface area (Å²) in [5, 5.41) is 5.72. The van der Waals surface area contributed by atoms with Gasteiger partial charge in [-0.2, -0.15) is 0 Å². The molecule has 2 unspecified atom stereocenters. The first-order valence-corrected chi connectivity index (χ1v) is 11.4. The molecule has 1 saturated carbocycles. The van der Waals surface area contributed by atoms with Crippen LogP contribution in [0.3, 0.4) is 0 Å². The van der Waals surface area contributed by atoms with Crippen LogP contribution in [0.15, 0.2) is 30.6 Å². The van der Waals surface area contributed by atoms with Gasteiger partial charge in [0.05, 0.1) is 28.7 Å². The van der Waals surface area contributed by atoms with Crippen LogP contribution in [0.1, 0.15) is 47.9 Å². The summed E-state index contributed by atoms with van der Waals surface area (Å²) in [4.78, 5) is 38.2. The van der Waals surface area contributed by atoms with Crippen LogP contribution >= 0.6 is 0 Å². The van der Waals surface area contributed by atoms with E-state index >= 15 is 0 Å². The number of nitrogens with one attached hydrogen (secondary N) is 2. The Morgan fingerprint density at radius 2 is 2.00 bits per heavy atom. The van der Waals surface area contributed by atoms with E-state index < -0.39 is 0 Å². The van der Waals surface area contributed by atoms with Gasteiger partial charge in [0.25, 0.3) is 5.91 Å². The van der Waals surface area contributed by atoms with E-state index in [9.17, 15) is 9.59 Å². The monoisotopic (exact) mass is 434 g/mol. The van der Waals surface area contributed by atoms with Crippen molar-refractivity contribution in [3.8, 4) is 0 Å². The van der Waals surface area contributed by atoms with E-state index in [-0.39, 0.29) is 23.1 Å². The van der Waals surface area contributed by atoms with Crippen molar-refractivity contribution in [1.29, 1.82) is 0 Å². The van der Waals surface area contributed by atoms with Gasteiger partial charge < -0.3 is 15.5 Å². The Bertz CT molecular complexity index is 1050. The molecule has 3 atom stereocenters. The number of carbonyl (C=O) groups is 2. The van der Waals surface area contributed by atoms with Crippen LogP contribution in [0.2, 0.25) is 0 Å². The molecular formula is C24H30N6O2. The minimum absolute atomic E-state index is 0.161. The highest BCUT2D eigenvalue weighted by Gasteiger charge is 2.69. The summed E-state index contributed by atoms with van der Waals surface area (Å²) in [5.41, 5.74) is 4.30. The Hall–Kier alpha value is -3.00. The summed E-state index contributed by atoms with van der Waals surface area (Å²) in [5.74, 6) is 0.610. The maximum absolute atomic E-state index is 12.7. The lowest BCUT2D eigenvalue weighted by atomic mass is 9.92. The lowest BCUT2D eigenvalue weighted by molar-refractivity contribution is -0.122. The topological polar surface area (TPSA) is 90.5 Å². The average molecular weight is 435 g/mol. The molecule has 0 aromatic carbocycles. The fourth-order valence-electron chi connectivity index (χ4n) is 5.61. The molecule has 0 radical (unpaired) electrons. The summed E-state index contributed by atoms with van der Waals surface area (Å²) in [6.45, 7) is 8.74. The van der Waals surface area contributed by atoms with Crippen LogP contribution in [-0.2, 0) is 11.3 Å². The van der Waals surface area contributed by atoms with Gasteiger partial charge in [0, 0.05) is 51.9 Å². The molecule has 4 heterocycles. The second-order valence-electron chi connectivity index (χ2n) is 9.13. The average Bonchev–Trinajstić information content (AvgIpc) is 3.45. The van der Waals surface area contributed by atoms with Crippen LogP contribution < -0.4 is 15.5 Å². The van der Waals surface area contributed by atoms with Gasteiger partial charge >= 0.3 is 0 Å². The van der Waals surface area contributed by atoms with Crippen molar-refractivity contribution in [2.24, 2.45) is 11.3 Å². The largest absolute Gasteiger partial charge is 0.368 e. The number of pyridine rings is 2. The summed E-state index contributed by atoms with van der Waals surface area (Å²) < 4.78 is 0.